The summed E-state index contributed by atoms with van der Waals surface area (Å²) < 4.78 is 53.0. The van der Waals surface area contributed by atoms with Crippen LogP contribution in [0.3, 0.4) is 0 Å². The molecular formula is C29H25F3N6O5. The molecule has 3 aromatic carbocycles. The molecule has 0 saturated carbocycles. The SMILES string of the molecule is COc1cccc(-n2c(=O)c3c(CN(C)C)n(-c4ccc(NC(=O)O)cc4)nc3n(Cc3c(F)cccc3F)c2=O)c1F. The second-order valence-electron chi connectivity index (χ2n) is 9.77. The average molecular weight is 595 g/mol. The van der Waals surface area contributed by atoms with Gasteiger partial charge in [-0.1, -0.05) is 12.1 Å². The van der Waals surface area contributed by atoms with Crippen molar-refractivity contribution < 1.29 is 27.8 Å². The summed E-state index contributed by atoms with van der Waals surface area (Å²) in [6, 6.07) is 13.2. The van der Waals surface area contributed by atoms with Gasteiger partial charge in [-0.3, -0.25) is 14.7 Å². The highest BCUT2D eigenvalue weighted by Crippen LogP contribution is 2.25. The highest BCUT2D eigenvalue weighted by atomic mass is 19.1. The molecule has 0 aliphatic carbocycles. The number of carboxylic acid groups (broad SMARTS) is 1. The third kappa shape index (κ3) is 5.35. The van der Waals surface area contributed by atoms with E-state index in [-0.39, 0.29) is 34.7 Å². The van der Waals surface area contributed by atoms with Crippen LogP contribution >= 0.6 is 0 Å². The lowest BCUT2D eigenvalue weighted by molar-refractivity contribution is 0.209. The zero-order chi connectivity index (χ0) is 31.0. The molecule has 0 saturated heterocycles. The van der Waals surface area contributed by atoms with E-state index in [4.69, 9.17) is 9.84 Å². The largest absolute Gasteiger partial charge is 0.494 e. The number of nitrogens with one attached hydrogen (secondary N) is 1. The topological polar surface area (TPSA) is 124 Å². The van der Waals surface area contributed by atoms with Crippen LogP contribution in [0.25, 0.3) is 22.4 Å². The number of carbonyl (C=O) groups is 1. The Bertz CT molecular complexity index is 1960. The molecule has 0 fully saturated rings. The Balaban J connectivity index is 1.88. The molecule has 11 nitrogen and oxygen atoms in total. The molecule has 0 bridgehead atoms. The van der Waals surface area contributed by atoms with E-state index in [2.05, 4.69) is 10.4 Å². The van der Waals surface area contributed by atoms with Crippen LogP contribution in [0, 0.1) is 17.5 Å². The van der Waals surface area contributed by atoms with Gasteiger partial charge >= 0.3 is 11.8 Å². The number of hydrogen-bond donors (Lipinski definition) is 2. The number of hydrogen-bond acceptors (Lipinski definition) is 6. The third-order valence-electron chi connectivity index (χ3n) is 6.67. The predicted molar refractivity (Wildman–Crippen MR) is 152 cm³/mol. The fourth-order valence-corrected chi connectivity index (χ4v) is 4.75. The number of anilines is 1. The van der Waals surface area contributed by atoms with Gasteiger partial charge in [0.2, 0.25) is 0 Å². The van der Waals surface area contributed by atoms with Gasteiger partial charge < -0.3 is 14.7 Å². The molecule has 222 valence electrons. The minimum atomic E-state index is -1.26. The van der Waals surface area contributed by atoms with Gasteiger partial charge in [-0.05, 0) is 62.6 Å². The van der Waals surface area contributed by atoms with Crippen LogP contribution in [0.1, 0.15) is 11.3 Å². The number of rotatable bonds is 8. The molecule has 1 amide bonds. The molecule has 43 heavy (non-hydrogen) atoms. The summed E-state index contributed by atoms with van der Waals surface area (Å²) >= 11 is 0. The highest BCUT2D eigenvalue weighted by Gasteiger charge is 2.26. The van der Waals surface area contributed by atoms with Crippen molar-refractivity contribution in [2.75, 3.05) is 26.5 Å². The summed E-state index contributed by atoms with van der Waals surface area (Å²) in [5, 5.41) is 15.7. The maximum atomic E-state index is 15.5. The van der Waals surface area contributed by atoms with E-state index < -0.39 is 52.6 Å². The van der Waals surface area contributed by atoms with E-state index in [0.717, 1.165) is 16.7 Å². The van der Waals surface area contributed by atoms with Crippen molar-refractivity contribution in [2.24, 2.45) is 0 Å². The van der Waals surface area contributed by atoms with E-state index in [0.29, 0.717) is 10.3 Å². The minimum Gasteiger partial charge on any atom is -0.494 e. The van der Waals surface area contributed by atoms with Crippen LogP contribution in [-0.4, -0.2) is 56.2 Å². The van der Waals surface area contributed by atoms with Crippen molar-refractivity contribution in [2.45, 2.75) is 13.1 Å². The van der Waals surface area contributed by atoms with Crippen molar-refractivity contribution in [3.8, 4) is 17.1 Å². The quantitative estimate of drug-likeness (QED) is 0.279. The van der Waals surface area contributed by atoms with Crippen molar-refractivity contribution >= 4 is 22.8 Å². The van der Waals surface area contributed by atoms with E-state index in [1.54, 1.807) is 19.0 Å². The molecule has 2 heterocycles. The van der Waals surface area contributed by atoms with Crippen molar-refractivity contribution in [1.82, 2.24) is 23.8 Å². The summed E-state index contributed by atoms with van der Waals surface area (Å²) in [7, 11) is 4.69. The van der Waals surface area contributed by atoms with E-state index in [1.807, 2.05) is 0 Å². The van der Waals surface area contributed by atoms with Crippen molar-refractivity contribution in [1.29, 1.82) is 0 Å². The van der Waals surface area contributed by atoms with Crippen molar-refractivity contribution in [3.63, 3.8) is 0 Å². The Labute approximate surface area is 241 Å². The van der Waals surface area contributed by atoms with Gasteiger partial charge in [0.1, 0.15) is 17.0 Å². The maximum absolute atomic E-state index is 15.5. The molecule has 0 spiro atoms. The second-order valence-corrected chi connectivity index (χ2v) is 9.77. The number of amides is 1. The van der Waals surface area contributed by atoms with Gasteiger partial charge in [-0.25, -0.2) is 32.0 Å². The third-order valence-corrected chi connectivity index (χ3v) is 6.67. The molecule has 0 unspecified atom stereocenters. The van der Waals surface area contributed by atoms with E-state index in [1.165, 1.54) is 60.3 Å². The van der Waals surface area contributed by atoms with E-state index >= 15 is 4.39 Å². The smallest absolute Gasteiger partial charge is 0.409 e. The lowest BCUT2D eigenvalue weighted by Crippen LogP contribution is -2.40. The van der Waals surface area contributed by atoms with Gasteiger partial charge in [0.05, 0.1) is 30.7 Å². The molecule has 5 rings (SSSR count). The number of methoxy groups -OCH3 is 1. The summed E-state index contributed by atoms with van der Waals surface area (Å²) in [6.45, 7) is -0.562. The first-order valence-electron chi connectivity index (χ1n) is 12.8. The first-order valence-corrected chi connectivity index (χ1v) is 12.8. The summed E-state index contributed by atoms with van der Waals surface area (Å²) in [6.07, 6.45) is -1.26. The Morgan fingerprint density at radius 2 is 1.65 bits per heavy atom. The Hall–Kier alpha value is -5.37. The summed E-state index contributed by atoms with van der Waals surface area (Å²) in [5.41, 5.74) is -2.14. The van der Waals surface area contributed by atoms with Crippen LogP contribution < -0.4 is 21.3 Å². The van der Waals surface area contributed by atoms with E-state index in [9.17, 15) is 23.2 Å². The fourth-order valence-electron chi connectivity index (χ4n) is 4.75. The lowest BCUT2D eigenvalue weighted by Gasteiger charge is -2.15. The number of benzene rings is 3. The summed E-state index contributed by atoms with van der Waals surface area (Å²) in [5.74, 6) is -3.08. The molecule has 0 radical (unpaired) electrons. The van der Waals surface area contributed by atoms with Gasteiger partial charge in [0.25, 0.3) is 5.56 Å². The number of ether oxygens (including phenoxy) is 1. The average Bonchev–Trinajstić information content (AvgIpc) is 3.32. The standard InChI is InChI=1S/C29H25F3N6O5/c1-35(2)15-22-24-26(34-38(22)17-12-10-16(11-13-17)33-28(40)41)36(14-18-19(30)6-4-7-20(18)31)29(42)37(27(24)39)21-8-5-9-23(43-3)25(21)32/h4-13,33H,14-15H2,1-3H3,(H,40,41). The lowest BCUT2D eigenvalue weighted by atomic mass is 10.2. The second kappa shape index (κ2) is 11.5. The highest BCUT2D eigenvalue weighted by molar-refractivity contribution is 5.83. The molecule has 0 aliphatic rings. The molecule has 14 heteroatoms. The van der Waals surface area contributed by atoms with Crippen molar-refractivity contribution in [3.05, 3.63) is 110 Å². The Kier molecular flexibility index (Phi) is 7.78. The number of nitrogens with zero attached hydrogens (tertiary/aromatic N) is 5. The Morgan fingerprint density at radius 1 is 1.00 bits per heavy atom. The predicted octanol–water partition coefficient (Wildman–Crippen LogP) is 3.96. The number of fused-ring (bicyclic) bond motifs is 1. The van der Waals surface area contributed by atoms with Crippen LogP contribution in [0.4, 0.5) is 23.7 Å². The fraction of sp³-hybridized carbons (Fsp3) is 0.172. The van der Waals surface area contributed by atoms with Gasteiger partial charge in [-0.2, -0.15) is 0 Å². The maximum Gasteiger partial charge on any atom is 0.409 e. The normalized spacial score (nSPS) is 11.3. The molecule has 2 aromatic heterocycles. The van der Waals surface area contributed by atoms with Crippen LogP contribution in [-0.2, 0) is 13.1 Å². The molecular weight excluding hydrogens is 569 g/mol. The van der Waals surface area contributed by atoms with Crippen LogP contribution in [0.2, 0.25) is 0 Å². The van der Waals surface area contributed by atoms with Gasteiger partial charge in [0, 0.05) is 17.8 Å². The number of aromatic nitrogens is 4. The van der Waals surface area contributed by atoms with Gasteiger partial charge in [0.15, 0.2) is 17.2 Å². The zero-order valence-corrected chi connectivity index (χ0v) is 23.1. The monoisotopic (exact) mass is 594 g/mol. The first-order chi connectivity index (χ1) is 20.5. The molecule has 0 aliphatic heterocycles. The number of halogens is 3. The first kappa shape index (κ1) is 29.1. The zero-order valence-electron chi connectivity index (χ0n) is 23.1. The summed E-state index contributed by atoms with van der Waals surface area (Å²) in [4.78, 5) is 40.8. The molecule has 5 aromatic rings. The van der Waals surface area contributed by atoms with Crippen LogP contribution in [0.5, 0.6) is 5.75 Å². The van der Waals surface area contributed by atoms with Gasteiger partial charge in [-0.15, -0.1) is 5.10 Å². The minimum absolute atomic E-state index is 0.0972. The molecule has 2 N–H and O–H groups in total. The Morgan fingerprint density at radius 3 is 2.26 bits per heavy atom. The molecule has 0 atom stereocenters. The van der Waals surface area contributed by atoms with Crippen LogP contribution in [0.15, 0.2) is 70.3 Å².